The molecule has 1 saturated heterocycles. The van der Waals surface area contributed by atoms with Crippen LogP contribution < -0.4 is 5.32 Å². The monoisotopic (exact) mass is 280 g/mol. The second kappa shape index (κ2) is 6.87. The van der Waals surface area contributed by atoms with Crippen molar-refractivity contribution in [1.29, 1.82) is 0 Å². The predicted octanol–water partition coefficient (Wildman–Crippen LogP) is 3.59. The highest BCUT2D eigenvalue weighted by Gasteiger charge is 2.29. The largest absolute Gasteiger partial charge is 0.311 e. The summed E-state index contributed by atoms with van der Waals surface area (Å²) in [4.78, 5) is 2.70. The Morgan fingerprint density at radius 3 is 2.74 bits per heavy atom. The molecular formula is C16H28N2S. The third kappa shape index (κ3) is 4.30. The minimum atomic E-state index is 0.641. The molecule has 1 N–H and O–H groups in total. The Morgan fingerprint density at radius 2 is 2.16 bits per heavy atom. The first-order valence-electron chi connectivity index (χ1n) is 7.54. The fourth-order valence-electron chi connectivity index (χ4n) is 2.92. The average Bonchev–Trinajstić information content (AvgIpc) is 2.83. The molecule has 0 bridgehead atoms. The van der Waals surface area contributed by atoms with Crippen LogP contribution in [0.15, 0.2) is 16.8 Å². The summed E-state index contributed by atoms with van der Waals surface area (Å²) in [6.45, 7) is 12.8. The summed E-state index contributed by atoms with van der Waals surface area (Å²) in [6, 6.07) is 3.60. The Kier molecular flexibility index (Phi) is 5.43. The molecule has 2 nitrogen and oxygen atoms in total. The smallest absolute Gasteiger partial charge is 0.0246 e. The minimum Gasteiger partial charge on any atom is -0.311 e. The summed E-state index contributed by atoms with van der Waals surface area (Å²) in [7, 11) is 0. The van der Waals surface area contributed by atoms with E-state index in [1.165, 1.54) is 18.5 Å². The van der Waals surface area contributed by atoms with Crippen molar-refractivity contribution in [2.24, 2.45) is 11.8 Å². The van der Waals surface area contributed by atoms with Crippen LogP contribution in [0.25, 0.3) is 0 Å². The molecule has 0 amide bonds. The maximum Gasteiger partial charge on any atom is 0.0246 e. The van der Waals surface area contributed by atoms with Gasteiger partial charge in [-0.05, 0) is 40.6 Å². The highest BCUT2D eigenvalue weighted by atomic mass is 32.1. The van der Waals surface area contributed by atoms with Crippen LogP contribution in [0.5, 0.6) is 0 Å². The van der Waals surface area contributed by atoms with Crippen LogP contribution in [-0.2, 0) is 6.54 Å². The average molecular weight is 280 g/mol. The molecule has 3 heteroatoms. The van der Waals surface area contributed by atoms with Crippen molar-refractivity contribution in [3.05, 3.63) is 22.4 Å². The highest BCUT2D eigenvalue weighted by molar-refractivity contribution is 7.07. The molecule has 1 aromatic rings. The fraction of sp³-hybridized carbons (Fsp3) is 0.750. The molecule has 0 saturated carbocycles. The second-order valence-corrected chi connectivity index (χ2v) is 7.38. The number of piperazine rings is 1. The van der Waals surface area contributed by atoms with E-state index in [4.69, 9.17) is 0 Å². The maximum atomic E-state index is 3.74. The van der Waals surface area contributed by atoms with Crippen molar-refractivity contribution >= 4 is 11.3 Å². The van der Waals surface area contributed by atoms with E-state index in [9.17, 15) is 0 Å². The van der Waals surface area contributed by atoms with Crippen molar-refractivity contribution in [3.8, 4) is 0 Å². The van der Waals surface area contributed by atoms with E-state index in [2.05, 4.69) is 54.7 Å². The summed E-state index contributed by atoms with van der Waals surface area (Å²) < 4.78 is 0. The zero-order valence-electron chi connectivity index (χ0n) is 12.7. The van der Waals surface area contributed by atoms with Gasteiger partial charge in [-0.25, -0.2) is 0 Å². The van der Waals surface area contributed by atoms with Gasteiger partial charge in [0, 0.05) is 31.7 Å². The van der Waals surface area contributed by atoms with Crippen molar-refractivity contribution < 1.29 is 0 Å². The Labute approximate surface area is 122 Å². The summed E-state index contributed by atoms with van der Waals surface area (Å²) in [5.74, 6) is 1.48. The van der Waals surface area contributed by atoms with Crippen molar-refractivity contribution in [2.45, 2.75) is 52.7 Å². The Balaban J connectivity index is 2.02. The standard InChI is InChI=1S/C16H28N2S/c1-12(2)7-15-8-17-16(13(3)4)10-18(15)9-14-5-6-19-11-14/h5-6,11-13,15-17H,7-10H2,1-4H3. The Bertz CT molecular complexity index is 359. The van der Waals surface area contributed by atoms with Crippen LogP contribution in [0.4, 0.5) is 0 Å². The van der Waals surface area contributed by atoms with Crippen LogP contribution >= 0.6 is 11.3 Å². The van der Waals surface area contributed by atoms with Gasteiger partial charge in [-0.15, -0.1) is 0 Å². The maximum absolute atomic E-state index is 3.74. The third-order valence-corrected chi connectivity index (χ3v) is 4.81. The molecular weight excluding hydrogens is 252 g/mol. The van der Waals surface area contributed by atoms with E-state index in [1.54, 1.807) is 0 Å². The lowest BCUT2D eigenvalue weighted by molar-refractivity contribution is 0.0925. The van der Waals surface area contributed by atoms with E-state index >= 15 is 0 Å². The van der Waals surface area contributed by atoms with Gasteiger partial charge in [0.05, 0.1) is 0 Å². The lowest BCUT2D eigenvalue weighted by Crippen LogP contribution is -2.57. The van der Waals surface area contributed by atoms with Crippen molar-refractivity contribution in [2.75, 3.05) is 13.1 Å². The number of rotatable bonds is 5. The molecule has 0 aliphatic carbocycles. The van der Waals surface area contributed by atoms with Crippen LogP contribution in [0.3, 0.4) is 0 Å². The van der Waals surface area contributed by atoms with Gasteiger partial charge in [0.25, 0.3) is 0 Å². The number of nitrogens with zero attached hydrogens (tertiary/aromatic N) is 1. The molecule has 0 aromatic carbocycles. The number of thiophene rings is 1. The molecule has 2 rings (SSSR count). The van der Waals surface area contributed by atoms with E-state index in [0.717, 1.165) is 19.0 Å². The van der Waals surface area contributed by atoms with Gasteiger partial charge in [0.15, 0.2) is 0 Å². The lowest BCUT2D eigenvalue weighted by Gasteiger charge is -2.42. The fourth-order valence-corrected chi connectivity index (χ4v) is 3.58. The number of nitrogens with one attached hydrogen (secondary N) is 1. The Morgan fingerprint density at radius 1 is 1.37 bits per heavy atom. The van der Waals surface area contributed by atoms with E-state index < -0.39 is 0 Å². The minimum absolute atomic E-state index is 0.641. The van der Waals surface area contributed by atoms with Gasteiger partial charge in [-0.1, -0.05) is 27.7 Å². The first-order chi connectivity index (χ1) is 9.06. The van der Waals surface area contributed by atoms with E-state index in [0.29, 0.717) is 18.0 Å². The molecule has 2 unspecified atom stereocenters. The van der Waals surface area contributed by atoms with Gasteiger partial charge >= 0.3 is 0 Å². The molecule has 1 aliphatic heterocycles. The predicted molar refractivity (Wildman–Crippen MR) is 84.6 cm³/mol. The van der Waals surface area contributed by atoms with Gasteiger partial charge in [-0.2, -0.15) is 11.3 Å². The van der Waals surface area contributed by atoms with Crippen LogP contribution in [-0.4, -0.2) is 30.1 Å². The van der Waals surface area contributed by atoms with Gasteiger partial charge < -0.3 is 5.32 Å². The van der Waals surface area contributed by atoms with Gasteiger partial charge in [-0.3, -0.25) is 4.90 Å². The quantitative estimate of drug-likeness (QED) is 0.886. The summed E-state index contributed by atoms with van der Waals surface area (Å²) in [5, 5.41) is 8.22. The van der Waals surface area contributed by atoms with E-state index in [-0.39, 0.29) is 0 Å². The van der Waals surface area contributed by atoms with Crippen LogP contribution in [0, 0.1) is 11.8 Å². The molecule has 0 spiro atoms. The lowest BCUT2D eigenvalue weighted by atomic mass is 9.95. The zero-order valence-corrected chi connectivity index (χ0v) is 13.5. The van der Waals surface area contributed by atoms with Crippen molar-refractivity contribution in [3.63, 3.8) is 0 Å². The zero-order chi connectivity index (χ0) is 13.8. The summed E-state index contributed by atoms with van der Waals surface area (Å²) in [5.41, 5.74) is 1.48. The SMILES string of the molecule is CC(C)CC1CNC(C(C)C)CN1Cc1ccsc1. The summed E-state index contributed by atoms with van der Waals surface area (Å²) >= 11 is 1.81. The van der Waals surface area contributed by atoms with Gasteiger partial charge in [0.1, 0.15) is 0 Å². The summed E-state index contributed by atoms with van der Waals surface area (Å²) in [6.07, 6.45) is 1.29. The van der Waals surface area contributed by atoms with Crippen molar-refractivity contribution in [1.82, 2.24) is 10.2 Å². The van der Waals surface area contributed by atoms with Gasteiger partial charge in [0.2, 0.25) is 0 Å². The molecule has 2 atom stereocenters. The van der Waals surface area contributed by atoms with Crippen LogP contribution in [0.1, 0.15) is 39.7 Å². The topological polar surface area (TPSA) is 15.3 Å². The Hall–Kier alpha value is -0.380. The van der Waals surface area contributed by atoms with E-state index in [1.807, 2.05) is 11.3 Å². The molecule has 108 valence electrons. The highest BCUT2D eigenvalue weighted by Crippen LogP contribution is 2.21. The molecule has 0 radical (unpaired) electrons. The number of hydrogen-bond acceptors (Lipinski definition) is 3. The van der Waals surface area contributed by atoms with Crippen LogP contribution in [0.2, 0.25) is 0 Å². The second-order valence-electron chi connectivity index (χ2n) is 6.60. The molecule has 1 aromatic heterocycles. The number of hydrogen-bond donors (Lipinski definition) is 1. The molecule has 1 aliphatic rings. The normalized spacial score (nSPS) is 25.4. The first-order valence-corrected chi connectivity index (χ1v) is 8.49. The molecule has 2 heterocycles. The molecule has 1 fully saturated rings. The first kappa shape index (κ1) is 15.0. The molecule has 19 heavy (non-hydrogen) atoms. The third-order valence-electron chi connectivity index (χ3n) is 4.08.